The predicted octanol–water partition coefficient (Wildman–Crippen LogP) is 1.34. The van der Waals surface area contributed by atoms with Crippen LogP contribution in [0.4, 0.5) is 0 Å². The lowest BCUT2D eigenvalue weighted by Crippen LogP contribution is -2.33. The molecule has 0 aromatic carbocycles. The van der Waals surface area contributed by atoms with Gasteiger partial charge in [-0.15, -0.1) is 0 Å². The van der Waals surface area contributed by atoms with Crippen LogP contribution in [0.15, 0.2) is 0 Å². The Balaban J connectivity index is 4.01. The van der Waals surface area contributed by atoms with Crippen molar-refractivity contribution in [3.63, 3.8) is 0 Å². The molecule has 0 fully saturated rings. The number of amides is 1. The van der Waals surface area contributed by atoms with Crippen LogP contribution in [-0.4, -0.2) is 49.4 Å². The summed E-state index contributed by atoms with van der Waals surface area (Å²) in [7, 11) is 3.54. The Morgan fingerprint density at radius 2 is 1.94 bits per heavy atom. The molecule has 0 saturated carbocycles. The molecule has 1 amide bonds. The molecule has 0 unspecified atom stereocenters. The molecule has 0 N–H and O–H groups in total. The molecular formula is C12H23N3O. The van der Waals surface area contributed by atoms with Crippen molar-refractivity contribution in [1.29, 1.82) is 5.26 Å². The zero-order valence-corrected chi connectivity index (χ0v) is 10.9. The largest absolute Gasteiger partial charge is 0.349 e. The van der Waals surface area contributed by atoms with E-state index in [1.807, 2.05) is 0 Å². The van der Waals surface area contributed by atoms with Crippen molar-refractivity contribution in [2.75, 3.05) is 33.7 Å². The van der Waals surface area contributed by atoms with E-state index < -0.39 is 0 Å². The van der Waals surface area contributed by atoms with E-state index in [0.717, 1.165) is 19.6 Å². The highest BCUT2D eigenvalue weighted by molar-refractivity contribution is 5.75. The van der Waals surface area contributed by atoms with Gasteiger partial charge in [0, 0.05) is 46.6 Å². The van der Waals surface area contributed by atoms with Crippen LogP contribution >= 0.6 is 0 Å². The molecule has 92 valence electrons. The number of carbonyl (C=O) groups is 1. The van der Waals surface area contributed by atoms with Gasteiger partial charge in [-0.05, 0) is 5.92 Å². The Morgan fingerprint density at radius 1 is 1.31 bits per heavy atom. The summed E-state index contributed by atoms with van der Waals surface area (Å²) < 4.78 is 0. The van der Waals surface area contributed by atoms with E-state index in [4.69, 9.17) is 5.26 Å². The topological polar surface area (TPSA) is 47.3 Å². The molecule has 16 heavy (non-hydrogen) atoms. The molecule has 0 radical (unpaired) electrons. The Hall–Kier alpha value is -1.08. The third-order valence-corrected chi connectivity index (χ3v) is 2.30. The smallest absolute Gasteiger partial charge is 0.223 e. The zero-order chi connectivity index (χ0) is 12.6. The molecule has 0 saturated heterocycles. The molecule has 0 aromatic rings. The van der Waals surface area contributed by atoms with Gasteiger partial charge in [-0.1, -0.05) is 13.8 Å². The number of carbonyl (C=O) groups excluding carboxylic acids is 1. The first-order valence-electron chi connectivity index (χ1n) is 5.76. The summed E-state index contributed by atoms with van der Waals surface area (Å²) in [4.78, 5) is 15.2. The van der Waals surface area contributed by atoms with E-state index in [2.05, 4.69) is 24.8 Å². The van der Waals surface area contributed by atoms with Gasteiger partial charge >= 0.3 is 0 Å². The van der Waals surface area contributed by atoms with Gasteiger partial charge in [-0.25, -0.2) is 0 Å². The van der Waals surface area contributed by atoms with Gasteiger partial charge in [0.2, 0.25) is 5.91 Å². The molecule has 0 aliphatic rings. The molecule has 0 aromatic heterocycles. The van der Waals surface area contributed by atoms with Crippen molar-refractivity contribution in [3.05, 3.63) is 0 Å². The van der Waals surface area contributed by atoms with E-state index in [1.165, 1.54) is 0 Å². The Morgan fingerprint density at radius 3 is 2.38 bits per heavy atom. The summed E-state index contributed by atoms with van der Waals surface area (Å²) in [6.45, 7) is 6.74. The highest BCUT2D eigenvalue weighted by Crippen LogP contribution is 2.02. The first-order valence-corrected chi connectivity index (χ1v) is 5.76. The van der Waals surface area contributed by atoms with Crippen molar-refractivity contribution in [3.8, 4) is 6.07 Å². The molecule has 0 rings (SSSR count). The van der Waals surface area contributed by atoms with Gasteiger partial charge in [0.15, 0.2) is 0 Å². The van der Waals surface area contributed by atoms with Gasteiger partial charge in [0.25, 0.3) is 0 Å². The van der Waals surface area contributed by atoms with Gasteiger partial charge in [-0.3, -0.25) is 4.79 Å². The van der Waals surface area contributed by atoms with E-state index in [-0.39, 0.29) is 5.91 Å². The summed E-state index contributed by atoms with van der Waals surface area (Å²) in [6.07, 6.45) is 1.06. The van der Waals surface area contributed by atoms with Crippen LogP contribution < -0.4 is 0 Å². The Bertz CT molecular complexity index is 243. The lowest BCUT2D eigenvalue weighted by atomic mass is 10.2. The van der Waals surface area contributed by atoms with E-state index in [0.29, 0.717) is 18.8 Å². The molecule has 0 heterocycles. The highest BCUT2D eigenvalue weighted by Gasteiger charge is 2.10. The van der Waals surface area contributed by atoms with Crippen LogP contribution in [0.25, 0.3) is 0 Å². The molecule has 0 aliphatic heterocycles. The maximum absolute atomic E-state index is 11.4. The minimum absolute atomic E-state index is 0.144. The summed E-state index contributed by atoms with van der Waals surface area (Å²) in [6, 6.07) is 2.14. The van der Waals surface area contributed by atoms with Crippen LogP contribution in [0.2, 0.25) is 0 Å². The van der Waals surface area contributed by atoms with Crippen molar-refractivity contribution in [1.82, 2.24) is 9.80 Å². The zero-order valence-electron chi connectivity index (χ0n) is 10.9. The Labute approximate surface area is 98.8 Å². The van der Waals surface area contributed by atoms with Gasteiger partial charge < -0.3 is 9.80 Å². The van der Waals surface area contributed by atoms with Crippen LogP contribution in [-0.2, 0) is 4.79 Å². The molecule has 0 spiro atoms. The maximum Gasteiger partial charge on any atom is 0.223 e. The fraction of sp³-hybridized carbons (Fsp3) is 0.833. The standard InChI is InChI=1S/C12H23N3O/c1-11(2)10-15(8-5-7-13)9-6-12(16)14(3)4/h11H,5-6,8-10H2,1-4H3. The van der Waals surface area contributed by atoms with E-state index in [1.54, 1.807) is 19.0 Å². The van der Waals surface area contributed by atoms with Gasteiger partial charge in [0.05, 0.1) is 6.07 Å². The number of hydrogen-bond acceptors (Lipinski definition) is 3. The second-order valence-electron chi connectivity index (χ2n) is 4.64. The van der Waals surface area contributed by atoms with Gasteiger partial charge in [-0.2, -0.15) is 5.26 Å². The first-order chi connectivity index (χ1) is 7.47. The van der Waals surface area contributed by atoms with Crippen molar-refractivity contribution < 1.29 is 4.79 Å². The van der Waals surface area contributed by atoms with Crippen LogP contribution in [0.3, 0.4) is 0 Å². The predicted molar refractivity (Wildman–Crippen MR) is 64.8 cm³/mol. The molecule has 0 bridgehead atoms. The van der Waals surface area contributed by atoms with E-state index >= 15 is 0 Å². The summed E-state index contributed by atoms with van der Waals surface area (Å²) in [5.74, 6) is 0.707. The lowest BCUT2D eigenvalue weighted by Gasteiger charge is -2.23. The third kappa shape index (κ3) is 7.24. The number of nitrogens with zero attached hydrogens (tertiary/aromatic N) is 3. The fourth-order valence-electron chi connectivity index (χ4n) is 1.50. The summed E-state index contributed by atoms with van der Waals surface area (Å²) in [5.41, 5.74) is 0. The van der Waals surface area contributed by atoms with Crippen molar-refractivity contribution in [2.24, 2.45) is 5.92 Å². The fourth-order valence-corrected chi connectivity index (χ4v) is 1.50. The van der Waals surface area contributed by atoms with Gasteiger partial charge in [0.1, 0.15) is 0 Å². The molecule has 4 heteroatoms. The molecule has 4 nitrogen and oxygen atoms in total. The van der Waals surface area contributed by atoms with Crippen LogP contribution in [0.1, 0.15) is 26.7 Å². The number of nitriles is 1. The maximum atomic E-state index is 11.4. The monoisotopic (exact) mass is 225 g/mol. The van der Waals surface area contributed by atoms with Crippen LogP contribution in [0, 0.1) is 17.2 Å². The number of hydrogen-bond donors (Lipinski definition) is 0. The second kappa shape index (κ2) is 8.12. The average molecular weight is 225 g/mol. The minimum Gasteiger partial charge on any atom is -0.349 e. The molecular weight excluding hydrogens is 202 g/mol. The minimum atomic E-state index is 0.144. The first kappa shape index (κ1) is 14.9. The quantitative estimate of drug-likeness (QED) is 0.657. The molecule has 0 atom stereocenters. The molecule has 0 aliphatic carbocycles. The Kier molecular flexibility index (Phi) is 7.57. The average Bonchev–Trinajstić information content (AvgIpc) is 2.20. The second-order valence-corrected chi connectivity index (χ2v) is 4.64. The number of rotatable bonds is 7. The third-order valence-electron chi connectivity index (χ3n) is 2.30. The lowest BCUT2D eigenvalue weighted by molar-refractivity contribution is -0.129. The SMILES string of the molecule is CC(C)CN(CCC#N)CCC(=O)N(C)C. The van der Waals surface area contributed by atoms with Crippen molar-refractivity contribution >= 4 is 5.91 Å². The van der Waals surface area contributed by atoms with E-state index in [9.17, 15) is 4.79 Å². The summed E-state index contributed by atoms with van der Waals surface area (Å²) in [5, 5.41) is 8.56. The normalized spacial score (nSPS) is 10.6. The highest BCUT2D eigenvalue weighted by atomic mass is 16.2. The van der Waals surface area contributed by atoms with Crippen molar-refractivity contribution in [2.45, 2.75) is 26.7 Å². The van der Waals surface area contributed by atoms with Crippen LogP contribution in [0.5, 0.6) is 0 Å². The summed E-state index contributed by atoms with van der Waals surface area (Å²) >= 11 is 0.